The fourth-order valence-corrected chi connectivity index (χ4v) is 3.74. The summed E-state index contributed by atoms with van der Waals surface area (Å²) in [5.41, 5.74) is 1.47. The summed E-state index contributed by atoms with van der Waals surface area (Å²) in [7, 11) is 1.51. The lowest BCUT2D eigenvalue weighted by Gasteiger charge is -2.25. The maximum absolute atomic E-state index is 13.0. The van der Waals surface area contributed by atoms with Crippen LogP contribution >= 0.6 is 0 Å². The van der Waals surface area contributed by atoms with Crippen LogP contribution < -0.4 is 9.47 Å². The number of hydrogen-bond acceptors (Lipinski definition) is 8. The normalized spacial score (nSPS) is 15.1. The lowest BCUT2D eigenvalue weighted by molar-refractivity contribution is -0.384. The van der Waals surface area contributed by atoms with Crippen LogP contribution in [0.15, 0.2) is 66.7 Å². The van der Waals surface area contributed by atoms with E-state index in [1.165, 1.54) is 31.4 Å². The number of rotatable bonds is 8. The molecule has 0 radical (unpaired) electrons. The molecule has 3 aromatic carbocycles. The Bertz CT molecular complexity index is 1240. The topological polar surface area (TPSA) is 114 Å². The number of hydrogen-bond donors (Lipinski definition) is 0. The second kappa shape index (κ2) is 9.62. The van der Waals surface area contributed by atoms with Crippen LogP contribution in [0.3, 0.4) is 0 Å². The standard InChI is InChI=1S/C25H21NO8/c1-3-32-21-14-16(10-13-20(21)31-2)22(23-18-6-4-5-7-19(18)25(28)34-23)33-24(27)15-8-11-17(12-9-15)26(29)30/h4-14,22-23H,3H2,1-2H3/t22-,23-/m1/s1. The molecule has 1 aliphatic heterocycles. The minimum Gasteiger partial charge on any atom is -0.493 e. The van der Waals surface area contributed by atoms with Crippen molar-refractivity contribution >= 4 is 17.6 Å². The van der Waals surface area contributed by atoms with E-state index in [0.29, 0.717) is 34.8 Å². The molecule has 9 heteroatoms. The van der Waals surface area contributed by atoms with E-state index >= 15 is 0 Å². The van der Waals surface area contributed by atoms with Crippen LogP contribution in [0.5, 0.6) is 11.5 Å². The van der Waals surface area contributed by atoms with Crippen molar-refractivity contribution in [1.29, 1.82) is 0 Å². The average molecular weight is 463 g/mol. The van der Waals surface area contributed by atoms with Gasteiger partial charge in [0.05, 0.1) is 29.8 Å². The Balaban J connectivity index is 1.73. The highest BCUT2D eigenvalue weighted by atomic mass is 16.6. The van der Waals surface area contributed by atoms with E-state index in [9.17, 15) is 19.7 Å². The predicted molar refractivity (Wildman–Crippen MR) is 120 cm³/mol. The molecule has 1 heterocycles. The average Bonchev–Trinajstić information content (AvgIpc) is 3.19. The smallest absolute Gasteiger partial charge is 0.339 e. The van der Waals surface area contributed by atoms with Crippen LogP contribution in [-0.2, 0) is 9.47 Å². The van der Waals surface area contributed by atoms with Crippen molar-refractivity contribution in [2.75, 3.05) is 13.7 Å². The zero-order chi connectivity index (χ0) is 24.2. The Hall–Kier alpha value is -4.40. The summed E-state index contributed by atoms with van der Waals surface area (Å²) in [4.78, 5) is 35.8. The number of ether oxygens (including phenoxy) is 4. The summed E-state index contributed by atoms with van der Waals surface area (Å²) in [6.45, 7) is 2.21. The number of non-ortho nitro benzene ring substituents is 1. The second-order valence-electron chi connectivity index (χ2n) is 7.39. The number of carbonyl (C=O) groups excluding carboxylic acids is 2. The lowest BCUT2D eigenvalue weighted by Crippen LogP contribution is -2.19. The van der Waals surface area contributed by atoms with Crippen LogP contribution in [0.1, 0.15) is 51.0 Å². The summed E-state index contributed by atoms with van der Waals surface area (Å²) in [6.07, 6.45) is -1.91. The molecule has 0 amide bonds. The van der Waals surface area contributed by atoms with Gasteiger partial charge in [0.2, 0.25) is 0 Å². The molecular formula is C25H21NO8. The molecule has 2 atom stereocenters. The predicted octanol–water partition coefficient (Wildman–Crippen LogP) is 4.81. The molecule has 0 saturated carbocycles. The molecule has 0 aliphatic carbocycles. The molecule has 9 nitrogen and oxygen atoms in total. The first-order valence-corrected chi connectivity index (χ1v) is 10.5. The molecule has 0 spiro atoms. The van der Waals surface area contributed by atoms with E-state index in [2.05, 4.69) is 0 Å². The number of nitro benzene ring substituents is 1. The minimum absolute atomic E-state index is 0.117. The second-order valence-corrected chi connectivity index (χ2v) is 7.39. The largest absolute Gasteiger partial charge is 0.493 e. The van der Waals surface area contributed by atoms with Gasteiger partial charge >= 0.3 is 11.9 Å². The quantitative estimate of drug-likeness (QED) is 0.266. The van der Waals surface area contributed by atoms with Gasteiger partial charge in [0.25, 0.3) is 5.69 Å². The van der Waals surface area contributed by atoms with Crippen LogP contribution in [0.4, 0.5) is 5.69 Å². The summed E-state index contributed by atoms with van der Waals surface area (Å²) in [5.74, 6) is -0.309. The fourth-order valence-electron chi connectivity index (χ4n) is 3.74. The summed E-state index contributed by atoms with van der Waals surface area (Å²) in [5, 5.41) is 10.9. The zero-order valence-electron chi connectivity index (χ0n) is 18.4. The molecular weight excluding hydrogens is 442 g/mol. The van der Waals surface area contributed by atoms with Gasteiger partial charge in [0.1, 0.15) is 0 Å². The van der Waals surface area contributed by atoms with E-state index in [1.54, 1.807) is 42.5 Å². The molecule has 0 N–H and O–H groups in total. The van der Waals surface area contributed by atoms with E-state index in [-0.39, 0.29) is 11.3 Å². The SMILES string of the molecule is CCOc1cc([C@@H](OC(=O)c2ccc([N+](=O)[O-])cc2)[C@@H]2OC(=O)c3ccccc32)ccc1OC. The summed E-state index contributed by atoms with van der Waals surface area (Å²) < 4.78 is 22.5. The molecule has 174 valence electrons. The van der Waals surface area contributed by atoms with Gasteiger partial charge in [-0.3, -0.25) is 10.1 Å². The number of benzene rings is 3. The van der Waals surface area contributed by atoms with Crippen molar-refractivity contribution in [3.8, 4) is 11.5 Å². The van der Waals surface area contributed by atoms with E-state index < -0.39 is 29.1 Å². The number of methoxy groups -OCH3 is 1. The highest BCUT2D eigenvalue weighted by molar-refractivity contribution is 5.94. The molecule has 0 unspecified atom stereocenters. The van der Waals surface area contributed by atoms with E-state index in [4.69, 9.17) is 18.9 Å². The van der Waals surface area contributed by atoms with Crippen molar-refractivity contribution in [2.45, 2.75) is 19.1 Å². The van der Waals surface area contributed by atoms with Crippen molar-refractivity contribution in [2.24, 2.45) is 0 Å². The van der Waals surface area contributed by atoms with E-state index in [1.807, 2.05) is 6.92 Å². The minimum atomic E-state index is -1.01. The molecule has 4 rings (SSSR count). The maximum atomic E-state index is 13.0. The summed E-state index contributed by atoms with van der Waals surface area (Å²) in [6, 6.07) is 17.0. The Morgan fingerprint density at radius 2 is 1.82 bits per heavy atom. The monoisotopic (exact) mass is 463 g/mol. The lowest BCUT2D eigenvalue weighted by atomic mass is 9.96. The Morgan fingerprint density at radius 3 is 2.50 bits per heavy atom. The Labute approximate surface area is 195 Å². The molecule has 0 fully saturated rings. The van der Waals surface area contributed by atoms with Crippen LogP contribution in [0.25, 0.3) is 0 Å². The third-order valence-corrected chi connectivity index (χ3v) is 5.36. The van der Waals surface area contributed by atoms with Crippen LogP contribution in [0.2, 0.25) is 0 Å². The maximum Gasteiger partial charge on any atom is 0.339 e. The zero-order valence-corrected chi connectivity index (χ0v) is 18.4. The number of nitrogens with zero attached hydrogens (tertiary/aromatic N) is 1. The Morgan fingerprint density at radius 1 is 1.09 bits per heavy atom. The molecule has 1 aliphatic rings. The van der Waals surface area contributed by atoms with Crippen molar-refractivity contribution in [3.05, 3.63) is 99.1 Å². The number of nitro groups is 1. The fraction of sp³-hybridized carbons (Fsp3) is 0.200. The molecule has 0 bridgehead atoms. The van der Waals surface area contributed by atoms with Gasteiger partial charge in [0, 0.05) is 23.3 Å². The highest BCUT2D eigenvalue weighted by Crippen LogP contribution is 2.44. The molecule has 0 aromatic heterocycles. The van der Waals surface area contributed by atoms with Gasteiger partial charge in [-0.05, 0) is 37.3 Å². The van der Waals surface area contributed by atoms with Gasteiger partial charge in [-0.2, -0.15) is 0 Å². The van der Waals surface area contributed by atoms with Gasteiger partial charge in [-0.1, -0.05) is 24.3 Å². The van der Waals surface area contributed by atoms with Gasteiger partial charge in [-0.25, -0.2) is 9.59 Å². The van der Waals surface area contributed by atoms with Gasteiger partial charge < -0.3 is 18.9 Å². The van der Waals surface area contributed by atoms with Crippen molar-refractivity contribution in [3.63, 3.8) is 0 Å². The first-order valence-electron chi connectivity index (χ1n) is 10.5. The summed E-state index contributed by atoms with van der Waals surface area (Å²) >= 11 is 0. The van der Waals surface area contributed by atoms with Crippen molar-refractivity contribution in [1.82, 2.24) is 0 Å². The third kappa shape index (κ3) is 4.40. The number of esters is 2. The van der Waals surface area contributed by atoms with Crippen LogP contribution in [0, 0.1) is 10.1 Å². The molecule has 3 aromatic rings. The van der Waals surface area contributed by atoms with Crippen molar-refractivity contribution < 1.29 is 33.5 Å². The highest BCUT2D eigenvalue weighted by Gasteiger charge is 2.40. The number of cyclic esters (lactones) is 1. The van der Waals surface area contributed by atoms with Gasteiger partial charge in [0.15, 0.2) is 23.7 Å². The van der Waals surface area contributed by atoms with E-state index in [0.717, 1.165) is 0 Å². The molecule has 0 saturated heterocycles. The Kier molecular flexibility index (Phi) is 6.44. The number of carbonyl (C=O) groups is 2. The van der Waals surface area contributed by atoms with Gasteiger partial charge in [-0.15, -0.1) is 0 Å². The number of fused-ring (bicyclic) bond motifs is 1. The first-order chi connectivity index (χ1) is 16.4. The third-order valence-electron chi connectivity index (χ3n) is 5.36. The molecule has 34 heavy (non-hydrogen) atoms. The first kappa shape index (κ1) is 22.8. The van der Waals surface area contributed by atoms with Crippen LogP contribution in [-0.4, -0.2) is 30.6 Å².